The van der Waals surface area contributed by atoms with Crippen molar-refractivity contribution in [3.05, 3.63) is 108 Å². The lowest BCUT2D eigenvalue weighted by atomic mass is 9.88. The monoisotopic (exact) mass is 1070 g/mol. The summed E-state index contributed by atoms with van der Waals surface area (Å²) >= 11 is 0. The predicted octanol–water partition coefficient (Wildman–Crippen LogP) is 7.11. The van der Waals surface area contributed by atoms with Gasteiger partial charge in [-0.1, -0.05) is 41.0 Å². The molecule has 0 spiro atoms. The lowest BCUT2D eigenvalue weighted by Crippen LogP contribution is -2.36. The van der Waals surface area contributed by atoms with Gasteiger partial charge in [-0.25, -0.2) is 23.3 Å². The molecule has 380 valence electrons. The Morgan fingerprint density at radius 3 is 2.36 bits per heavy atom. The maximum atomic E-state index is 13.7. The summed E-state index contributed by atoms with van der Waals surface area (Å²) in [5.41, 5.74) is 4.09. The minimum atomic E-state index is -5.81. The van der Waals surface area contributed by atoms with Gasteiger partial charge in [-0.05, 0) is 101 Å². The number of carbonyl (C=O) groups excluding carboxylic acids is 1. The van der Waals surface area contributed by atoms with Gasteiger partial charge in [-0.2, -0.15) is 8.62 Å². The van der Waals surface area contributed by atoms with Gasteiger partial charge in [0.15, 0.2) is 0 Å². The van der Waals surface area contributed by atoms with Crippen LogP contribution in [0, 0.1) is 20.8 Å². The molecule has 3 aromatic rings. The normalized spacial score (nSPS) is 18.6. The molecule has 3 unspecified atom stereocenters. The Balaban J connectivity index is 1.15. The Morgan fingerprint density at radius 2 is 1.69 bits per heavy atom. The van der Waals surface area contributed by atoms with Crippen molar-refractivity contribution >= 4 is 67.9 Å². The van der Waals surface area contributed by atoms with E-state index >= 15 is 0 Å². The molecule has 1 saturated heterocycles. The zero-order valence-electron chi connectivity index (χ0n) is 38.9. The molecule has 0 saturated carbocycles. The third kappa shape index (κ3) is 13.8. The van der Waals surface area contributed by atoms with E-state index in [0.29, 0.717) is 34.6 Å². The molecule has 27 heteroatoms. The summed E-state index contributed by atoms with van der Waals surface area (Å²) in [5.74, 6) is -1.29. The fourth-order valence-corrected chi connectivity index (χ4v) is 12.9. The Bertz CT molecular complexity index is 3120. The number of phosphoric ester groups is 1. The second kappa shape index (κ2) is 22.3. The lowest BCUT2D eigenvalue weighted by Gasteiger charge is -2.25. The highest BCUT2D eigenvalue weighted by atomic mass is 33.1. The number of aromatic amines is 1. The number of fused-ring (bicyclic) bond motifs is 2. The standard InChI is InChI=1S/C43H53N4O18P3S2/c1-8-10-26-16-33-30(13-23(26)3)38(31-14-24(4)32(44-9-2)17-34(31)62-33)28-12-11-27(15-29(28)41(50)51)40(49)45-21-43(6,7)70-69-22-60-35-18-37(47-19-25(5)39(48)46-42(47)52)63-36(35)20-61-67(56,57)65-68(58,59)64-66(53,54)55/h11-17,19,35-37H,8-10,18,20-22H2,1-7H3,(H,45,49)(H,50,51)(H,56,57)(H,58,59)(H,46,48,52)(H2,53,54,55)/t35?,36-,37-/m1/s1. The summed E-state index contributed by atoms with van der Waals surface area (Å²) in [6.45, 7) is 12.9. The number of phosphoric acid groups is 3. The van der Waals surface area contributed by atoms with Crippen LogP contribution in [0.15, 0.2) is 67.7 Å². The third-order valence-corrected chi connectivity index (χ3v) is 17.6. The van der Waals surface area contributed by atoms with Gasteiger partial charge < -0.3 is 43.9 Å². The Labute approximate surface area is 408 Å². The van der Waals surface area contributed by atoms with Crippen LogP contribution in [0.4, 0.5) is 0 Å². The number of nitrogens with one attached hydrogen (secondary N) is 2. The number of carbonyl (C=O) groups is 2. The molecule has 1 aliphatic carbocycles. The minimum absolute atomic E-state index is 0.0681. The van der Waals surface area contributed by atoms with E-state index in [9.17, 15) is 47.8 Å². The van der Waals surface area contributed by atoms with Crippen LogP contribution in [0.2, 0.25) is 0 Å². The largest absolute Gasteiger partial charge is 0.490 e. The number of amides is 1. The first kappa shape index (κ1) is 55.1. The number of carboxylic acids is 1. The van der Waals surface area contributed by atoms with Gasteiger partial charge in [0.2, 0.25) is 0 Å². The van der Waals surface area contributed by atoms with Crippen molar-refractivity contribution in [2.24, 2.45) is 4.99 Å². The molecule has 0 radical (unpaired) electrons. The second-order valence-corrected chi connectivity index (χ2v) is 24.2. The molecule has 2 aromatic carbocycles. The molecule has 1 fully saturated rings. The molecule has 2 aliphatic heterocycles. The van der Waals surface area contributed by atoms with E-state index in [-0.39, 0.29) is 35.6 Å². The quantitative estimate of drug-likeness (QED) is 0.0126. The summed E-state index contributed by atoms with van der Waals surface area (Å²) < 4.78 is 66.5. The second-order valence-electron chi connectivity index (χ2n) is 16.9. The van der Waals surface area contributed by atoms with Crippen molar-refractivity contribution < 1.29 is 75.0 Å². The van der Waals surface area contributed by atoms with E-state index < -0.39 is 76.4 Å². The molecule has 0 bridgehead atoms. The van der Waals surface area contributed by atoms with Crippen molar-refractivity contribution in [2.45, 2.75) is 90.9 Å². The number of nitrogens with zero attached hydrogens (tertiary/aromatic N) is 2. The van der Waals surface area contributed by atoms with Crippen molar-refractivity contribution in [2.75, 3.05) is 25.6 Å². The number of hydrogen-bond donors (Lipinski definition) is 7. The van der Waals surface area contributed by atoms with Crippen LogP contribution >= 0.6 is 45.1 Å². The number of ether oxygens (including phenoxy) is 2. The van der Waals surface area contributed by atoms with Crippen molar-refractivity contribution in [3.8, 4) is 22.5 Å². The molecule has 3 aliphatic rings. The van der Waals surface area contributed by atoms with Gasteiger partial charge in [-0.3, -0.25) is 28.7 Å². The highest BCUT2D eigenvalue weighted by molar-refractivity contribution is 8.77. The van der Waals surface area contributed by atoms with Gasteiger partial charge in [0, 0.05) is 64.2 Å². The fourth-order valence-electron chi connectivity index (χ4n) is 7.67. The van der Waals surface area contributed by atoms with Crippen LogP contribution in [-0.4, -0.2) is 88.7 Å². The highest BCUT2D eigenvalue weighted by Gasteiger charge is 2.44. The van der Waals surface area contributed by atoms with Gasteiger partial charge in [0.05, 0.1) is 23.6 Å². The Morgan fingerprint density at radius 1 is 0.957 bits per heavy atom. The van der Waals surface area contributed by atoms with Crippen molar-refractivity contribution in [1.82, 2.24) is 14.9 Å². The number of aromatic nitrogens is 2. The fraction of sp³-hybridized carbons (Fsp3) is 0.419. The topological polar surface area (TPSA) is 325 Å². The van der Waals surface area contributed by atoms with Crippen LogP contribution in [0.25, 0.3) is 33.4 Å². The molecule has 3 heterocycles. The first-order valence-corrected chi connectivity index (χ1v) is 28.4. The van der Waals surface area contributed by atoms with Gasteiger partial charge in [-0.15, -0.1) is 0 Å². The SMILES string of the molecule is CCCc1cc2oc3cc(=NCC)c(C)cc-3c(-c3ccc(C(=O)NCC(C)(C)SSCOC4C[C@H](n5cc(C)c(=O)[nH]c5=O)O[C@@H]4COP(=O)(O)OP(=O)(O)OP(=O)(O)O)cc3C(=O)O)c2cc1C. The Kier molecular flexibility index (Phi) is 17.5. The zero-order valence-corrected chi connectivity index (χ0v) is 43.2. The minimum Gasteiger partial charge on any atom is -0.478 e. The van der Waals surface area contributed by atoms with Crippen LogP contribution < -0.4 is 21.9 Å². The van der Waals surface area contributed by atoms with E-state index in [1.165, 1.54) is 40.8 Å². The first-order valence-electron chi connectivity index (χ1n) is 21.6. The third-order valence-electron chi connectivity index (χ3n) is 10.9. The average Bonchev–Trinajstić information content (AvgIpc) is 3.66. The Hall–Kier alpha value is -4.22. The molecular weight excluding hydrogens is 1020 g/mol. The van der Waals surface area contributed by atoms with E-state index in [1.807, 2.05) is 58.9 Å². The van der Waals surface area contributed by atoms with E-state index in [1.54, 1.807) is 12.1 Å². The average molecular weight is 1070 g/mol. The molecule has 22 nitrogen and oxygen atoms in total. The molecule has 5 atom stereocenters. The van der Waals surface area contributed by atoms with Crippen molar-refractivity contribution in [1.29, 1.82) is 0 Å². The van der Waals surface area contributed by atoms with Crippen LogP contribution in [0.1, 0.15) is 89.7 Å². The first-order chi connectivity index (χ1) is 32.7. The number of aromatic carboxylic acids is 1. The number of rotatable bonds is 21. The smallest absolute Gasteiger partial charge is 0.478 e. The van der Waals surface area contributed by atoms with E-state index in [2.05, 4.69) is 30.8 Å². The molecule has 7 N–H and O–H groups in total. The summed E-state index contributed by atoms with van der Waals surface area (Å²) in [6.07, 6.45) is -0.428. The molecule has 70 heavy (non-hydrogen) atoms. The van der Waals surface area contributed by atoms with E-state index in [0.717, 1.165) is 44.8 Å². The van der Waals surface area contributed by atoms with E-state index in [4.69, 9.17) is 28.2 Å². The van der Waals surface area contributed by atoms with Gasteiger partial charge in [0.1, 0.15) is 29.6 Å². The van der Waals surface area contributed by atoms with Crippen LogP contribution in [-0.2, 0) is 42.7 Å². The summed E-state index contributed by atoms with van der Waals surface area (Å²) in [6, 6.07) is 12.4. The number of hydrogen-bond acceptors (Lipinski definition) is 16. The van der Waals surface area contributed by atoms with Crippen molar-refractivity contribution in [3.63, 3.8) is 0 Å². The van der Waals surface area contributed by atoms with Crippen LogP contribution in [0.5, 0.6) is 0 Å². The van der Waals surface area contributed by atoms with Gasteiger partial charge in [0.25, 0.3) is 11.5 Å². The van der Waals surface area contributed by atoms with Gasteiger partial charge >= 0.3 is 35.1 Å². The maximum Gasteiger partial charge on any atom is 0.490 e. The highest BCUT2D eigenvalue weighted by Crippen LogP contribution is 2.66. The van der Waals surface area contributed by atoms with Crippen LogP contribution in [0.3, 0.4) is 0 Å². The predicted molar refractivity (Wildman–Crippen MR) is 261 cm³/mol. The lowest BCUT2D eigenvalue weighted by molar-refractivity contribution is -0.0543. The molecule has 1 aromatic heterocycles. The number of aryl methyl sites for hydroxylation is 4. The summed E-state index contributed by atoms with van der Waals surface area (Å²) in [4.78, 5) is 95.4. The number of carboxylic acid groups (broad SMARTS) is 1. The molecule has 1 amide bonds. The number of H-pyrrole nitrogens is 1. The zero-order chi connectivity index (χ0) is 51.5. The number of benzene rings is 3. The molecular formula is C43H53N4O18P3S2. The summed E-state index contributed by atoms with van der Waals surface area (Å²) in [7, 11) is -14.5. The molecule has 6 rings (SSSR count). The maximum absolute atomic E-state index is 13.7. The summed E-state index contributed by atoms with van der Waals surface area (Å²) in [5, 5.41) is 15.0.